The molecule has 0 saturated carbocycles. The van der Waals surface area contributed by atoms with E-state index >= 15 is 0 Å². The summed E-state index contributed by atoms with van der Waals surface area (Å²) in [5.74, 6) is -1.77. The highest BCUT2D eigenvalue weighted by Gasteiger charge is 2.17. The minimum atomic E-state index is -0.881. The van der Waals surface area contributed by atoms with Crippen LogP contribution < -0.4 is 16.8 Å². The van der Waals surface area contributed by atoms with Gasteiger partial charge < -0.3 is 16.8 Å². The van der Waals surface area contributed by atoms with Gasteiger partial charge >= 0.3 is 0 Å². The molecule has 0 aliphatic carbocycles. The van der Waals surface area contributed by atoms with E-state index in [0.717, 1.165) is 6.08 Å². The minimum absolute atomic E-state index is 0.00890. The highest BCUT2D eigenvalue weighted by molar-refractivity contribution is 5.92. The van der Waals surface area contributed by atoms with Crippen molar-refractivity contribution in [2.45, 2.75) is 18.9 Å². The molecule has 0 bridgehead atoms. The summed E-state index contributed by atoms with van der Waals surface area (Å²) in [6.45, 7) is 3.21. The number of amides is 3. The van der Waals surface area contributed by atoms with Crippen LogP contribution >= 0.6 is 0 Å². The van der Waals surface area contributed by atoms with Gasteiger partial charge in [-0.25, -0.2) is 0 Å². The van der Waals surface area contributed by atoms with Crippen LogP contribution in [0.5, 0.6) is 0 Å². The molecule has 0 heterocycles. The lowest BCUT2D eigenvalue weighted by Gasteiger charge is -2.12. The van der Waals surface area contributed by atoms with Crippen molar-refractivity contribution in [3.63, 3.8) is 0 Å². The first-order valence-electron chi connectivity index (χ1n) is 3.98. The summed E-state index contributed by atoms with van der Waals surface area (Å²) in [4.78, 5) is 32.0. The Morgan fingerprint density at radius 3 is 2.29 bits per heavy atom. The molecule has 0 radical (unpaired) electrons. The monoisotopic (exact) mass is 199 g/mol. The lowest BCUT2D eigenvalue weighted by atomic mass is 10.1. The standard InChI is InChI=1S/C8H13N3O3/c1-2-7(13)11-5(8(10)14)3-4-6(9)12/h2,5H,1,3-4H2,(H2,9,12)(H2,10,14)(H,11,13)/t5-/m0/s1. The van der Waals surface area contributed by atoms with E-state index < -0.39 is 23.8 Å². The van der Waals surface area contributed by atoms with Crippen LogP contribution in [0.25, 0.3) is 0 Å². The molecule has 0 spiro atoms. The lowest BCUT2D eigenvalue weighted by molar-refractivity contribution is -0.125. The molecule has 14 heavy (non-hydrogen) atoms. The fraction of sp³-hybridized carbons (Fsp3) is 0.375. The van der Waals surface area contributed by atoms with Crippen molar-refractivity contribution in [3.05, 3.63) is 12.7 Å². The van der Waals surface area contributed by atoms with Crippen LogP contribution in [0.2, 0.25) is 0 Å². The highest BCUT2D eigenvalue weighted by Crippen LogP contribution is 1.96. The molecule has 0 fully saturated rings. The third-order valence-electron chi connectivity index (χ3n) is 1.52. The Kier molecular flexibility index (Phi) is 4.98. The first-order valence-corrected chi connectivity index (χ1v) is 3.98. The number of carbonyl (C=O) groups excluding carboxylic acids is 3. The average Bonchev–Trinajstić information content (AvgIpc) is 2.10. The van der Waals surface area contributed by atoms with Crippen LogP contribution in [-0.4, -0.2) is 23.8 Å². The number of hydrogen-bond donors (Lipinski definition) is 3. The van der Waals surface area contributed by atoms with Gasteiger partial charge in [-0.3, -0.25) is 14.4 Å². The molecular formula is C8H13N3O3. The van der Waals surface area contributed by atoms with Gasteiger partial charge in [0.2, 0.25) is 17.7 Å². The van der Waals surface area contributed by atoms with Gasteiger partial charge in [0.25, 0.3) is 0 Å². The van der Waals surface area contributed by atoms with Crippen LogP contribution in [-0.2, 0) is 14.4 Å². The Morgan fingerprint density at radius 2 is 1.93 bits per heavy atom. The molecule has 1 atom stereocenters. The Labute approximate surface area is 81.3 Å². The highest BCUT2D eigenvalue weighted by atomic mass is 16.2. The van der Waals surface area contributed by atoms with Crippen molar-refractivity contribution in [3.8, 4) is 0 Å². The molecule has 6 nitrogen and oxygen atoms in total. The Morgan fingerprint density at radius 1 is 1.36 bits per heavy atom. The fourth-order valence-corrected chi connectivity index (χ4v) is 0.803. The van der Waals surface area contributed by atoms with Gasteiger partial charge in [-0.1, -0.05) is 6.58 Å². The van der Waals surface area contributed by atoms with Gasteiger partial charge in [-0.15, -0.1) is 0 Å². The zero-order chi connectivity index (χ0) is 11.1. The van der Waals surface area contributed by atoms with E-state index in [2.05, 4.69) is 11.9 Å². The van der Waals surface area contributed by atoms with E-state index in [1.165, 1.54) is 0 Å². The molecule has 0 aromatic rings. The van der Waals surface area contributed by atoms with E-state index in [1.807, 2.05) is 0 Å². The van der Waals surface area contributed by atoms with Crippen molar-refractivity contribution in [1.82, 2.24) is 5.32 Å². The third kappa shape index (κ3) is 4.91. The molecule has 3 amide bonds. The predicted octanol–water partition coefficient (Wildman–Crippen LogP) is -1.59. The molecule has 0 aromatic carbocycles. The summed E-state index contributed by atoms with van der Waals surface area (Å²) in [6.07, 6.45) is 1.11. The summed E-state index contributed by atoms with van der Waals surface area (Å²) in [6, 6.07) is -0.881. The van der Waals surface area contributed by atoms with Crippen molar-refractivity contribution < 1.29 is 14.4 Å². The maximum absolute atomic E-state index is 10.8. The molecule has 0 saturated heterocycles. The molecular weight excluding hydrogens is 186 g/mol. The van der Waals surface area contributed by atoms with Gasteiger partial charge in [0.05, 0.1) is 0 Å². The zero-order valence-electron chi connectivity index (χ0n) is 7.66. The van der Waals surface area contributed by atoms with E-state index in [9.17, 15) is 14.4 Å². The first-order chi connectivity index (χ1) is 6.47. The van der Waals surface area contributed by atoms with E-state index in [1.54, 1.807) is 0 Å². The number of primary amides is 2. The average molecular weight is 199 g/mol. The number of nitrogens with one attached hydrogen (secondary N) is 1. The summed E-state index contributed by atoms with van der Waals surface area (Å²) in [5, 5.41) is 2.28. The van der Waals surface area contributed by atoms with Crippen LogP contribution in [0, 0.1) is 0 Å². The topological polar surface area (TPSA) is 115 Å². The molecule has 5 N–H and O–H groups in total. The quantitative estimate of drug-likeness (QED) is 0.448. The SMILES string of the molecule is C=CC(=O)N[C@@H](CCC(N)=O)C(N)=O. The number of hydrogen-bond acceptors (Lipinski definition) is 3. The minimum Gasteiger partial charge on any atom is -0.370 e. The smallest absolute Gasteiger partial charge is 0.244 e. The molecule has 78 valence electrons. The summed E-state index contributed by atoms with van der Waals surface area (Å²) >= 11 is 0. The first kappa shape index (κ1) is 12.2. The maximum Gasteiger partial charge on any atom is 0.244 e. The molecule has 0 aromatic heterocycles. The summed E-state index contributed by atoms with van der Waals surface area (Å²) < 4.78 is 0. The Hall–Kier alpha value is -1.85. The third-order valence-corrected chi connectivity index (χ3v) is 1.52. The number of rotatable bonds is 6. The van der Waals surface area contributed by atoms with Crippen molar-refractivity contribution in [2.24, 2.45) is 11.5 Å². The van der Waals surface area contributed by atoms with Crippen LogP contribution in [0.3, 0.4) is 0 Å². The number of carbonyl (C=O) groups is 3. The normalized spacial score (nSPS) is 11.4. The Balaban J connectivity index is 4.15. The van der Waals surface area contributed by atoms with Crippen LogP contribution in [0.1, 0.15) is 12.8 Å². The summed E-state index contributed by atoms with van der Waals surface area (Å²) in [7, 11) is 0. The molecule has 0 aliphatic rings. The van der Waals surface area contributed by atoms with Crippen LogP contribution in [0.15, 0.2) is 12.7 Å². The second-order valence-electron chi connectivity index (χ2n) is 2.67. The second-order valence-corrected chi connectivity index (χ2v) is 2.67. The van der Waals surface area contributed by atoms with E-state index in [4.69, 9.17) is 11.5 Å². The van der Waals surface area contributed by atoms with Gasteiger partial charge in [-0.05, 0) is 12.5 Å². The van der Waals surface area contributed by atoms with Gasteiger partial charge in [0.15, 0.2) is 0 Å². The van der Waals surface area contributed by atoms with Gasteiger partial charge in [0, 0.05) is 6.42 Å². The van der Waals surface area contributed by atoms with Crippen molar-refractivity contribution in [2.75, 3.05) is 0 Å². The van der Waals surface area contributed by atoms with Crippen LogP contribution in [0.4, 0.5) is 0 Å². The van der Waals surface area contributed by atoms with E-state index in [0.29, 0.717) is 0 Å². The molecule has 0 unspecified atom stereocenters. The molecule has 0 aliphatic heterocycles. The largest absolute Gasteiger partial charge is 0.370 e. The second kappa shape index (κ2) is 5.74. The van der Waals surface area contributed by atoms with Crippen molar-refractivity contribution in [1.29, 1.82) is 0 Å². The fourth-order valence-electron chi connectivity index (χ4n) is 0.803. The predicted molar refractivity (Wildman–Crippen MR) is 49.8 cm³/mol. The van der Waals surface area contributed by atoms with Gasteiger partial charge in [0.1, 0.15) is 6.04 Å². The maximum atomic E-state index is 10.8. The van der Waals surface area contributed by atoms with Gasteiger partial charge in [-0.2, -0.15) is 0 Å². The molecule has 0 rings (SSSR count). The van der Waals surface area contributed by atoms with E-state index in [-0.39, 0.29) is 12.8 Å². The van der Waals surface area contributed by atoms with Crippen molar-refractivity contribution >= 4 is 17.7 Å². The lowest BCUT2D eigenvalue weighted by Crippen LogP contribution is -2.44. The molecule has 6 heteroatoms. The Bertz CT molecular complexity index is 263. The zero-order valence-corrected chi connectivity index (χ0v) is 7.66. The number of nitrogens with two attached hydrogens (primary N) is 2. The summed E-state index contributed by atoms with van der Waals surface area (Å²) in [5.41, 5.74) is 9.87.